The summed E-state index contributed by atoms with van der Waals surface area (Å²) < 4.78 is 10.3. The van der Waals surface area contributed by atoms with Crippen LogP contribution in [0.5, 0.6) is 0 Å². The van der Waals surface area contributed by atoms with E-state index in [1.54, 1.807) is 25.7 Å². The Morgan fingerprint density at radius 2 is 1.73 bits per heavy atom. The molecule has 0 spiro atoms. The quantitative estimate of drug-likeness (QED) is 0.457. The Hall–Kier alpha value is -1.56. The van der Waals surface area contributed by atoms with Crippen molar-refractivity contribution < 1.29 is 19.1 Å². The van der Waals surface area contributed by atoms with E-state index >= 15 is 0 Å². The lowest BCUT2D eigenvalue weighted by Crippen LogP contribution is -2.43. The predicted molar refractivity (Wildman–Crippen MR) is 86.8 cm³/mol. The second kappa shape index (κ2) is 11.1. The molecule has 0 rings (SSSR count). The van der Waals surface area contributed by atoms with Crippen LogP contribution in [-0.2, 0) is 14.3 Å². The number of carbonyl (C=O) groups is 2. The minimum absolute atomic E-state index is 0.305. The number of rotatable bonds is 10. The Kier molecular flexibility index (Phi) is 10.3. The van der Waals surface area contributed by atoms with Crippen molar-refractivity contribution in [2.45, 2.75) is 40.7 Å². The second-order valence-corrected chi connectivity index (χ2v) is 5.17. The van der Waals surface area contributed by atoms with Crippen molar-refractivity contribution in [3.63, 3.8) is 0 Å². The monoisotopic (exact) mass is 314 g/mol. The highest BCUT2D eigenvalue weighted by atomic mass is 16.6. The first-order chi connectivity index (χ1) is 10.3. The molecule has 0 aromatic rings. The maximum atomic E-state index is 12.0. The summed E-state index contributed by atoms with van der Waals surface area (Å²) in [4.78, 5) is 27.3. The second-order valence-electron chi connectivity index (χ2n) is 5.17. The summed E-state index contributed by atoms with van der Waals surface area (Å²) >= 11 is 0. The fraction of sp³-hybridized carbons (Fsp3) is 0.750. The van der Waals surface area contributed by atoms with Gasteiger partial charge in [0.25, 0.3) is 0 Å². The van der Waals surface area contributed by atoms with E-state index in [2.05, 4.69) is 25.3 Å². The number of hydrogen-bond acceptors (Lipinski definition) is 5. The maximum absolute atomic E-state index is 12.0. The van der Waals surface area contributed by atoms with Gasteiger partial charge in [0.1, 0.15) is 6.10 Å². The third kappa shape index (κ3) is 8.02. The van der Waals surface area contributed by atoms with E-state index in [9.17, 15) is 9.59 Å². The Labute approximate surface area is 134 Å². The topological polar surface area (TPSA) is 59.1 Å². The fourth-order valence-electron chi connectivity index (χ4n) is 1.90. The average Bonchev–Trinajstić information content (AvgIpc) is 2.46. The van der Waals surface area contributed by atoms with Crippen LogP contribution >= 0.6 is 0 Å². The molecule has 6 nitrogen and oxygen atoms in total. The number of ether oxygens (including phenoxy) is 2. The summed E-state index contributed by atoms with van der Waals surface area (Å²) in [6.07, 6.45) is -0.793. The van der Waals surface area contributed by atoms with Gasteiger partial charge in [-0.05, 0) is 33.9 Å². The van der Waals surface area contributed by atoms with E-state index in [0.29, 0.717) is 25.3 Å². The van der Waals surface area contributed by atoms with Crippen LogP contribution in [0.2, 0.25) is 0 Å². The molecule has 0 radical (unpaired) electrons. The van der Waals surface area contributed by atoms with Crippen molar-refractivity contribution in [3.8, 4) is 0 Å². The molecule has 0 saturated heterocycles. The van der Waals surface area contributed by atoms with Crippen LogP contribution in [0.4, 0.5) is 4.79 Å². The zero-order chi connectivity index (χ0) is 17.1. The number of hydrogen-bond donors (Lipinski definition) is 0. The SMILES string of the molecule is C=C(C)C(=O)OC(C)CN(CCN(CC)CC)C(=O)OCC. The number of amides is 1. The van der Waals surface area contributed by atoms with Crippen LogP contribution < -0.4 is 0 Å². The molecule has 0 fully saturated rings. The third-order valence-corrected chi connectivity index (χ3v) is 3.24. The minimum Gasteiger partial charge on any atom is -0.457 e. The molecule has 0 aliphatic carbocycles. The van der Waals surface area contributed by atoms with Crippen molar-refractivity contribution >= 4 is 12.1 Å². The zero-order valence-corrected chi connectivity index (χ0v) is 14.6. The van der Waals surface area contributed by atoms with Crippen LogP contribution in [0, 0.1) is 0 Å². The smallest absolute Gasteiger partial charge is 0.409 e. The van der Waals surface area contributed by atoms with Crippen LogP contribution in [0.15, 0.2) is 12.2 Å². The normalized spacial score (nSPS) is 11.9. The molecule has 22 heavy (non-hydrogen) atoms. The van der Waals surface area contributed by atoms with Gasteiger partial charge in [-0.2, -0.15) is 0 Å². The molecule has 1 unspecified atom stereocenters. The first-order valence-electron chi connectivity index (χ1n) is 7.86. The van der Waals surface area contributed by atoms with Gasteiger partial charge in [-0.15, -0.1) is 0 Å². The molecule has 0 bridgehead atoms. The van der Waals surface area contributed by atoms with Gasteiger partial charge in [-0.1, -0.05) is 20.4 Å². The highest BCUT2D eigenvalue weighted by Gasteiger charge is 2.20. The van der Waals surface area contributed by atoms with Gasteiger partial charge < -0.3 is 19.3 Å². The molecule has 0 heterocycles. The van der Waals surface area contributed by atoms with Crippen LogP contribution in [0.25, 0.3) is 0 Å². The zero-order valence-electron chi connectivity index (χ0n) is 14.6. The van der Waals surface area contributed by atoms with E-state index < -0.39 is 12.1 Å². The highest BCUT2D eigenvalue weighted by Crippen LogP contribution is 2.04. The third-order valence-electron chi connectivity index (χ3n) is 3.24. The van der Waals surface area contributed by atoms with Gasteiger partial charge in [0, 0.05) is 18.7 Å². The van der Waals surface area contributed by atoms with Gasteiger partial charge in [-0.3, -0.25) is 0 Å². The van der Waals surface area contributed by atoms with E-state index in [1.807, 2.05) is 0 Å². The van der Waals surface area contributed by atoms with Crippen molar-refractivity contribution in [2.75, 3.05) is 39.3 Å². The van der Waals surface area contributed by atoms with Crippen molar-refractivity contribution in [3.05, 3.63) is 12.2 Å². The van der Waals surface area contributed by atoms with Crippen molar-refractivity contribution in [1.29, 1.82) is 0 Å². The lowest BCUT2D eigenvalue weighted by atomic mass is 10.3. The van der Waals surface area contributed by atoms with E-state index in [-0.39, 0.29) is 6.09 Å². The van der Waals surface area contributed by atoms with Gasteiger partial charge in [0.2, 0.25) is 0 Å². The molecule has 0 N–H and O–H groups in total. The Morgan fingerprint density at radius 3 is 2.18 bits per heavy atom. The molecule has 6 heteroatoms. The lowest BCUT2D eigenvalue weighted by Gasteiger charge is -2.27. The number of carbonyl (C=O) groups excluding carboxylic acids is 2. The van der Waals surface area contributed by atoms with Gasteiger partial charge >= 0.3 is 12.1 Å². The first-order valence-corrected chi connectivity index (χ1v) is 7.86. The van der Waals surface area contributed by atoms with Crippen LogP contribution in [0.1, 0.15) is 34.6 Å². The Bertz CT molecular complexity index is 367. The van der Waals surface area contributed by atoms with Crippen molar-refractivity contribution in [2.24, 2.45) is 0 Å². The predicted octanol–water partition coefficient (Wildman–Crippen LogP) is 2.29. The average molecular weight is 314 g/mol. The highest BCUT2D eigenvalue weighted by molar-refractivity contribution is 5.87. The summed E-state index contributed by atoms with van der Waals surface area (Å²) in [7, 11) is 0. The molecule has 0 aromatic heterocycles. The molecular formula is C16H30N2O4. The summed E-state index contributed by atoms with van der Waals surface area (Å²) in [6.45, 7) is 16.6. The molecule has 0 aliphatic rings. The minimum atomic E-state index is -0.444. The molecule has 0 saturated carbocycles. The molecule has 1 amide bonds. The largest absolute Gasteiger partial charge is 0.457 e. The first kappa shape index (κ1) is 20.4. The number of likely N-dealkylation sites (N-methyl/N-ethyl adjacent to an activating group) is 1. The van der Waals surface area contributed by atoms with E-state index in [0.717, 1.165) is 19.6 Å². The molecule has 128 valence electrons. The maximum Gasteiger partial charge on any atom is 0.409 e. The molecule has 0 aromatic carbocycles. The lowest BCUT2D eigenvalue weighted by molar-refractivity contribution is -0.144. The summed E-state index contributed by atoms with van der Waals surface area (Å²) in [5.74, 6) is -0.444. The molecular weight excluding hydrogens is 284 g/mol. The van der Waals surface area contributed by atoms with Gasteiger partial charge in [-0.25, -0.2) is 9.59 Å². The van der Waals surface area contributed by atoms with Crippen LogP contribution in [-0.4, -0.2) is 67.3 Å². The van der Waals surface area contributed by atoms with Crippen molar-refractivity contribution in [1.82, 2.24) is 9.80 Å². The fourth-order valence-corrected chi connectivity index (χ4v) is 1.90. The Balaban J connectivity index is 4.61. The molecule has 1 atom stereocenters. The number of nitrogens with zero attached hydrogens (tertiary/aromatic N) is 2. The standard InChI is InChI=1S/C16H30N2O4/c1-7-17(8-2)10-11-18(16(20)21-9-3)12-14(6)22-15(19)13(4)5/h14H,4,7-12H2,1-3,5-6H3. The van der Waals surface area contributed by atoms with Gasteiger partial charge in [0.05, 0.1) is 13.2 Å². The summed E-state index contributed by atoms with van der Waals surface area (Å²) in [5.41, 5.74) is 0.345. The number of esters is 1. The van der Waals surface area contributed by atoms with E-state index in [1.165, 1.54) is 0 Å². The van der Waals surface area contributed by atoms with E-state index in [4.69, 9.17) is 9.47 Å². The molecule has 0 aliphatic heterocycles. The van der Waals surface area contributed by atoms with Crippen LogP contribution in [0.3, 0.4) is 0 Å². The summed E-state index contributed by atoms with van der Waals surface area (Å²) in [5, 5.41) is 0. The Morgan fingerprint density at radius 1 is 1.14 bits per heavy atom. The summed E-state index contributed by atoms with van der Waals surface area (Å²) in [6, 6.07) is 0. The van der Waals surface area contributed by atoms with Gasteiger partial charge in [0.15, 0.2) is 0 Å².